The molecule has 0 radical (unpaired) electrons. The predicted molar refractivity (Wildman–Crippen MR) is 72.7 cm³/mol. The van der Waals surface area contributed by atoms with Gasteiger partial charge in [0.15, 0.2) is 0 Å². The Morgan fingerprint density at radius 3 is 2.74 bits per heavy atom. The normalized spacial score (nSPS) is 10.9. The van der Waals surface area contributed by atoms with Gasteiger partial charge in [0.1, 0.15) is 0 Å². The van der Waals surface area contributed by atoms with Gasteiger partial charge in [-0.2, -0.15) is 0 Å². The van der Waals surface area contributed by atoms with Crippen LogP contribution < -0.4 is 10.6 Å². The van der Waals surface area contributed by atoms with E-state index < -0.39 is 0 Å². The third-order valence-corrected chi connectivity index (χ3v) is 2.57. The molecular weight excluding hydrogens is 242 g/mol. The van der Waals surface area contributed by atoms with Gasteiger partial charge < -0.3 is 15.1 Å². The van der Waals surface area contributed by atoms with Gasteiger partial charge in [-0.15, -0.1) is 5.10 Å². The molecule has 2 rings (SSSR count). The summed E-state index contributed by atoms with van der Waals surface area (Å²) >= 11 is 0. The van der Waals surface area contributed by atoms with Crippen LogP contribution >= 0.6 is 0 Å². The average molecular weight is 261 g/mol. The Hall–Kier alpha value is -1.95. The summed E-state index contributed by atoms with van der Waals surface area (Å²) < 4.78 is 5.46. The van der Waals surface area contributed by atoms with E-state index in [0.717, 1.165) is 13.0 Å². The lowest BCUT2D eigenvalue weighted by molar-refractivity contribution is 0.458. The van der Waals surface area contributed by atoms with Crippen molar-refractivity contribution in [3.05, 3.63) is 36.0 Å². The molecule has 0 amide bonds. The maximum absolute atomic E-state index is 5.46. The number of aromatic nitrogens is 3. The van der Waals surface area contributed by atoms with Crippen LogP contribution in [0.3, 0.4) is 0 Å². The molecule has 0 aliphatic heterocycles. The molecule has 102 valence electrons. The minimum absolute atomic E-state index is 0.398. The summed E-state index contributed by atoms with van der Waals surface area (Å²) in [7, 11) is 0. The Kier molecular flexibility index (Phi) is 4.85. The van der Waals surface area contributed by atoms with E-state index in [2.05, 4.69) is 39.7 Å². The summed E-state index contributed by atoms with van der Waals surface area (Å²) in [4.78, 5) is 3.98. The first-order valence-corrected chi connectivity index (χ1v) is 6.42. The molecule has 6 nitrogen and oxygen atoms in total. The monoisotopic (exact) mass is 261 g/mol. The van der Waals surface area contributed by atoms with Crippen LogP contribution in [-0.2, 0) is 13.0 Å². The number of rotatable bonds is 7. The summed E-state index contributed by atoms with van der Waals surface area (Å²) in [6.45, 7) is 5.49. The van der Waals surface area contributed by atoms with Crippen LogP contribution in [0.2, 0.25) is 0 Å². The molecule has 19 heavy (non-hydrogen) atoms. The number of nitrogens with one attached hydrogen (secondary N) is 2. The molecule has 0 unspecified atom stereocenters. The Balaban J connectivity index is 1.74. The van der Waals surface area contributed by atoms with E-state index in [9.17, 15) is 0 Å². The second kappa shape index (κ2) is 6.84. The predicted octanol–water partition coefficient (Wildman–Crippen LogP) is 1.62. The van der Waals surface area contributed by atoms with E-state index in [1.807, 2.05) is 12.1 Å². The summed E-state index contributed by atoms with van der Waals surface area (Å²) in [5.41, 5.74) is 1.23. The smallest absolute Gasteiger partial charge is 0.315 e. The van der Waals surface area contributed by atoms with Crippen molar-refractivity contribution in [2.75, 3.05) is 11.9 Å². The number of nitrogens with zero attached hydrogens (tertiary/aromatic N) is 3. The molecule has 2 aromatic heterocycles. The first kappa shape index (κ1) is 13.5. The van der Waals surface area contributed by atoms with Gasteiger partial charge in [0.2, 0.25) is 5.89 Å². The zero-order valence-corrected chi connectivity index (χ0v) is 11.3. The van der Waals surface area contributed by atoms with Crippen LogP contribution in [0.4, 0.5) is 6.01 Å². The van der Waals surface area contributed by atoms with E-state index in [1.54, 1.807) is 12.4 Å². The van der Waals surface area contributed by atoms with E-state index in [0.29, 0.717) is 24.5 Å². The molecule has 6 heteroatoms. The molecule has 2 N–H and O–H groups in total. The third kappa shape index (κ3) is 4.67. The van der Waals surface area contributed by atoms with E-state index in [1.165, 1.54) is 5.56 Å². The molecule has 0 aromatic carbocycles. The molecule has 0 saturated carbocycles. The van der Waals surface area contributed by atoms with Crippen molar-refractivity contribution in [2.24, 2.45) is 0 Å². The van der Waals surface area contributed by atoms with E-state index in [4.69, 9.17) is 4.42 Å². The van der Waals surface area contributed by atoms with Gasteiger partial charge in [-0.3, -0.25) is 4.98 Å². The fourth-order valence-corrected chi connectivity index (χ4v) is 1.55. The van der Waals surface area contributed by atoms with Gasteiger partial charge >= 0.3 is 6.01 Å². The number of anilines is 1. The van der Waals surface area contributed by atoms with Crippen LogP contribution in [0, 0.1) is 0 Å². The molecule has 0 fully saturated rings. The van der Waals surface area contributed by atoms with Crippen LogP contribution in [0.1, 0.15) is 25.3 Å². The third-order valence-electron chi connectivity index (χ3n) is 2.57. The van der Waals surface area contributed by atoms with Crippen molar-refractivity contribution in [3.8, 4) is 0 Å². The lowest BCUT2D eigenvalue weighted by Gasteiger charge is -2.03. The average Bonchev–Trinajstić information content (AvgIpc) is 2.86. The number of pyridine rings is 1. The minimum atomic E-state index is 0.398. The quantitative estimate of drug-likeness (QED) is 0.788. The Bertz CT molecular complexity index is 483. The van der Waals surface area contributed by atoms with Crippen molar-refractivity contribution in [1.29, 1.82) is 0 Å². The van der Waals surface area contributed by atoms with Gasteiger partial charge in [0.25, 0.3) is 0 Å². The SMILES string of the molecule is CC(C)NCc1nnc(NCCc2ccncc2)o1. The van der Waals surface area contributed by atoms with Crippen LogP contribution in [-0.4, -0.2) is 27.8 Å². The maximum atomic E-state index is 5.46. The van der Waals surface area contributed by atoms with Crippen molar-refractivity contribution >= 4 is 6.01 Å². The van der Waals surface area contributed by atoms with Crippen molar-refractivity contribution in [2.45, 2.75) is 32.9 Å². The molecule has 0 atom stereocenters. The molecular formula is C13H19N5O. The highest BCUT2D eigenvalue weighted by Gasteiger charge is 2.05. The lowest BCUT2D eigenvalue weighted by atomic mass is 10.2. The molecule has 0 bridgehead atoms. The molecule has 0 spiro atoms. The van der Waals surface area contributed by atoms with Crippen LogP contribution in [0.15, 0.2) is 28.9 Å². The van der Waals surface area contributed by atoms with Gasteiger partial charge in [-0.25, -0.2) is 0 Å². The highest BCUT2D eigenvalue weighted by molar-refractivity contribution is 5.19. The lowest BCUT2D eigenvalue weighted by Crippen LogP contribution is -2.21. The number of hydrogen-bond donors (Lipinski definition) is 2. The molecule has 0 saturated heterocycles. The van der Waals surface area contributed by atoms with Gasteiger partial charge in [0.05, 0.1) is 6.54 Å². The molecule has 0 aliphatic rings. The molecule has 2 aromatic rings. The van der Waals surface area contributed by atoms with Gasteiger partial charge in [-0.05, 0) is 24.1 Å². The highest BCUT2D eigenvalue weighted by atomic mass is 16.4. The van der Waals surface area contributed by atoms with E-state index >= 15 is 0 Å². The number of hydrogen-bond acceptors (Lipinski definition) is 6. The fraction of sp³-hybridized carbons (Fsp3) is 0.462. The largest absolute Gasteiger partial charge is 0.407 e. The van der Waals surface area contributed by atoms with Crippen molar-refractivity contribution in [1.82, 2.24) is 20.5 Å². The highest BCUT2D eigenvalue weighted by Crippen LogP contribution is 2.06. The van der Waals surface area contributed by atoms with Crippen molar-refractivity contribution in [3.63, 3.8) is 0 Å². The zero-order chi connectivity index (χ0) is 13.5. The Morgan fingerprint density at radius 2 is 2.00 bits per heavy atom. The Morgan fingerprint density at radius 1 is 1.21 bits per heavy atom. The second-order valence-corrected chi connectivity index (χ2v) is 4.57. The fourth-order valence-electron chi connectivity index (χ4n) is 1.55. The second-order valence-electron chi connectivity index (χ2n) is 4.57. The standard InChI is InChI=1S/C13H19N5O/c1-10(2)16-9-12-17-18-13(19-12)15-8-5-11-3-6-14-7-4-11/h3-4,6-7,10,16H,5,8-9H2,1-2H3,(H,15,18). The minimum Gasteiger partial charge on any atom is -0.407 e. The summed E-state index contributed by atoms with van der Waals surface area (Å²) in [5.74, 6) is 0.597. The summed E-state index contributed by atoms with van der Waals surface area (Å²) in [5, 5.41) is 14.2. The maximum Gasteiger partial charge on any atom is 0.315 e. The topological polar surface area (TPSA) is 75.9 Å². The first-order valence-electron chi connectivity index (χ1n) is 6.42. The van der Waals surface area contributed by atoms with Crippen LogP contribution in [0.25, 0.3) is 0 Å². The van der Waals surface area contributed by atoms with E-state index in [-0.39, 0.29) is 0 Å². The first-order chi connectivity index (χ1) is 9.24. The van der Waals surface area contributed by atoms with Gasteiger partial charge in [-0.1, -0.05) is 18.9 Å². The zero-order valence-electron chi connectivity index (χ0n) is 11.3. The molecule has 2 heterocycles. The summed E-state index contributed by atoms with van der Waals surface area (Å²) in [6.07, 6.45) is 4.47. The Labute approximate surface area is 112 Å². The molecule has 0 aliphatic carbocycles. The summed E-state index contributed by atoms with van der Waals surface area (Å²) in [6, 6.07) is 4.85. The van der Waals surface area contributed by atoms with Crippen molar-refractivity contribution < 1.29 is 4.42 Å². The van der Waals surface area contributed by atoms with Gasteiger partial charge in [0, 0.05) is 25.0 Å². The van der Waals surface area contributed by atoms with Crippen LogP contribution in [0.5, 0.6) is 0 Å².